The molecule has 3 nitrogen and oxygen atoms in total. The number of carbonyl (C=O) groups is 1. The molecule has 0 radical (unpaired) electrons. The standard InChI is InChI=1S/C26H35FO3/c1-3-5-6-7-8-11-18-30-25-16-14-21(19-24(25)27)23-13-10-9-12-22(23)20(4-2)15-17-26(28)29/h9-10,12-14,16,19-20H,3-8,11,15,17-18H2,1-2H3,(H,28,29). The molecule has 2 rings (SSSR count). The first kappa shape index (κ1) is 23.9. The Hall–Kier alpha value is -2.36. The lowest BCUT2D eigenvalue weighted by Gasteiger charge is -2.19. The average Bonchev–Trinajstić information content (AvgIpc) is 2.74. The first-order valence-electron chi connectivity index (χ1n) is 11.3. The van der Waals surface area contributed by atoms with Crippen molar-refractivity contribution in [2.45, 2.75) is 77.6 Å². The van der Waals surface area contributed by atoms with E-state index in [2.05, 4.69) is 13.8 Å². The topological polar surface area (TPSA) is 46.5 Å². The van der Waals surface area contributed by atoms with Crippen LogP contribution in [0.1, 0.15) is 83.1 Å². The average molecular weight is 415 g/mol. The van der Waals surface area contributed by atoms with Gasteiger partial charge in [-0.15, -0.1) is 0 Å². The zero-order chi connectivity index (χ0) is 21.8. The van der Waals surface area contributed by atoms with Crippen LogP contribution in [-0.4, -0.2) is 17.7 Å². The van der Waals surface area contributed by atoms with E-state index in [-0.39, 0.29) is 18.2 Å². The molecule has 0 fully saturated rings. The summed E-state index contributed by atoms with van der Waals surface area (Å²) in [6.45, 7) is 4.79. The lowest BCUT2D eigenvalue weighted by molar-refractivity contribution is -0.137. The Morgan fingerprint density at radius 3 is 2.47 bits per heavy atom. The Bertz CT molecular complexity index is 788. The minimum atomic E-state index is -0.788. The molecule has 1 unspecified atom stereocenters. The number of rotatable bonds is 14. The molecule has 1 N–H and O–H groups in total. The van der Waals surface area contributed by atoms with Crippen molar-refractivity contribution in [1.82, 2.24) is 0 Å². The first-order chi connectivity index (χ1) is 14.6. The van der Waals surface area contributed by atoms with Gasteiger partial charge in [0.15, 0.2) is 11.6 Å². The van der Waals surface area contributed by atoms with Gasteiger partial charge in [0, 0.05) is 6.42 Å². The predicted molar refractivity (Wildman–Crippen MR) is 121 cm³/mol. The van der Waals surface area contributed by atoms with Crippen LogP contribution in [0.4, 0.5) is 4.39 Å². The lowest BCUT2D eigenvalue weighted by atomic mass is 9.86. The van der Waals surface area contributed by atoms with Gasteiger partial charge >= 0.3 is 5.97 Å². The van der Waals surface area contributed by atoms with Crippen molar-refractivity contribution in [3.8, 4) is 16.9 Å². The number of halogens is 1. The summed E-state index contributed by atoms with van der Waals surface area (Å²) in [5.41, 5.74) is 2.82. The minimum absolute atomic E-state index is 0.129. The van der Waals surface area contributed by atoms with E-state index in [1.54, 1.807) is 6.07 Å². The summed E-state index contributed by atoms with van der Waals surface area (Å²) < 4.78 is 20.3. The van der Waals surface area contributed by atoms with Crippen molar-refractivity contribution >= 4 is 5.97 Å². The van der Waals surface area contributed by atoms with Crippen LogP contribution in [-0.2, 0) is 4.79 Å². The highest BCUT2D eigenvalue weighted by Crippen LogP contribution is 2.35. The first-order valence-corrected chi connectivity index (χ1v) is 11.3. The molecule has 0 aliphatic heterocycles. The Morgan fingerprint density at radius 1 is 1.03 bits per heavy atom. The largest absolute Gasteiger partial charge is 0.491 e. The van der Waals surface area contributed by atoms with Gasteiger partial charge in [-0.05, 0) is 54.0 Å². The minimum Gasteiger partial charge on any atom is -0.491 e. The molecular weight excluding hydrogens is 379 g/mol. The molecule has 2 aromatic rings. The third kappa shape index (κ3) is 7.47. The highest BCUT2D eigenvalue weighted by molar-refractivity contribution is 5.70. The normalized spacial score (nSPS) is 12.0. The van der Waals surface area contributed by atoms with Gasteiger partial charge < -0.3 is 9.84 Å². The fourth-order valence-electron chi connectivity index (χ4n) is 3.84. The van der Waals surface area contributed by atoms with Crippen LogP contribution in [0.5, 0.6) is 5.75 Å². The van der Waals surface area contributed by atoms with Crippen molar-refractivity contribution in [2.75, 3.05) is 6.61 Å². The maximum atomic E-state index is 14.7. The van der Waals surface area contributed by atoms with Crippen LogP contribution in [0, 0.1) is 5.82 Å². The second-order valence-corrected chi connectivity index (χ2v) is 7.89. The Labute approximate surface area is 180 Å². The summed E-state index contributed by atoms with van der Waals surface area (Å²) in [7, 11) is 0. The van der Waals surface area contributed by atoms with Crippen LogP contribution in [0.2, 0.25) is 0 Å². The number of hydrogen-bond acceptors (Lipinski definition) is 2. The fraction of sp³-hybridized carbons (Fsp3) is 0.500. The number of carboxylic acids is 1. The third-order valence-electron chi connectivity index (χ3n) is 5.60. The predicted octanol–water partition coefficient (Wildman–Crippen LogP) is 7.59. The van der Waals surface area contributed by atoms with E-state index >= 15 is 0 Å². The Balaban J connectivity index is 2.05. The highest BCUT2D eigenvalue weighted by Gasteiger charge is 2.17. The monoisotopic (exact) mass is 414 g/mol. The molecule has 0 aliphatic carbocycles. The maximum absolute atomic E-state index is 14.7. The highest BCUT2D eigenvalue weighted by atomic mass is 19.1. The molecule has 0 bridgehead atoms. The summed E-state index contributed by atoms with van der Waals surface area (Å²) >= 11 is 0. The molecule has 164 valence electrons. The van der Waals surface area contributed by atoms with Crippen LogP contribution in [0.15, 0.2) is 42.5 Å². The van der Waals surface area contributed by atoms with E-state index in [9.17, 15) is 9.18 Å². The van der Waals surface area contributed by atoms with Gasteiger partial charge in [0.2, 0.25) is 0 Å². The van der Waals surface area contributed by atoms with Crippen LogP contribution < -0.4 is 4.74 Å². The van der Waals surface area contributed by atoms with E-state index in [1.807, 2.05) is 30.3 Å². The van der Waals surface area contributed by atoms with Crippen LogP contribution >= 0.6 is 0 Å². The molecule has 0 saturated heterocycles. The Kier molecular flexibility index (Phi) is 10.4. The quantitative estimate of drug-likeness (QED) is 0.324. The molecule has 0 saturated carbocycles. The number of ether oxygens (including phenoxy) is 1. The molecule has 30 heavy (non-hydrogen) atoms. The number of hydrogen-bond donors (Lipinski definition) is 1. The van der Waals surface area contributed by atoms with Crippen molar-refractivity contribution in [2.24, 2.45) is 0 Å². The number of carboxylic acid groups (broad SMARTS) is 1. The zero-order valence-corrected chi connectivity index (χ0v) is 18.3. The second-order valence-electron chi connectivity index (χ2n) is 7.89. The van der Waals surface area contributed by atoms with E-state index in [0.717, 1.165) is 36.0 Å². The van der Waals surface area contributed by atoms with Gasteiger partial charge in [0.05, 0.1) is 6.61 Å². The number of unbranched alkanes of at least 4 members (excludes halogenated alkanes) is 5. The van der Waals surface area contributed by atoms with Crippen molar-refractivity contribution in [3.63, 3.8) is 0 Å². The smallest absolute Gasteiger partial charge is 0.303 e. The number of aliphatic carboxylic acids is 1. The van der Waals surface area contributed by atoms with E-state index in [4.69, 9.17) is 9.84 Å². The summed E-state index contributed by atoms with van der Waals surface area (Å²) in [6.07, 6.45) is 8.56. The van der Waals surface area contributed by atoms with Gasteiger partial charge in [-0.1, -0.05) is 76.3 Å². The molecule has 4 heteroatoms. The van der Waals surface area contributed by atoms with Crippen molar-refractivity contribution in [3.05, 3.63) is 53.8 Å². The number of benzene rings is 2. The molecular formula is C26H35FO3. The SMILES string of the molecule is CCCCCCCCOc1ccc(-c2ccccc2C(CC)CCC(=O)O)cc1F. The molecule has 1 atom stereocenters. The van der Waals surface area contributed by atoms with Crippen LogP contribution in [0.25, 0.3) is 11.1 Å². The fourth-order valence-corrected chi connectivity index (χ4v) is 3.84. The van der Waals surface area contributed by atoms with E-state index in [0.29, 0.717) is 18.8 Å². The molecule has 0 spiro atoms. The van der Waals surface area contributed by atoms with Crippen LogP contribution in [0.3, 0.4) is 0 Å². The summed E-state index contributed by atoms with van der Waals surface area (Å²) in [5.74, 6) is -0.720. The second kappa shape index (κ2) is 13.0. The van der Waals surface area contributed by atoms with Gasteiger partial charge in [-0.3, -0.25) is 4.79 Å². The summed E-state index contributed by atoms with van der Waals surface area (Å²) in [6, 6.07) is 13.0. The maximum Gasteiger partial charge on any atom is 0.303 e. The molecule has 0 aromatic heterocycles. The van der Waals surface area contributed by atoms with E-state index in [1.165, 1.54) is 31.7 Å². The van der Waals surface area contributed by atoms with E-state index < -0.39 is 5.97 Å². The van der Waals surface area contributed by atoms with Crippen molar-refractivity contribution in [1.29, 1.82) is 0 Å². The summed E-state index contributed by atoms with van der Waals surface area (Å²) in [4.78, 5) is 11.0. The molecule has 2 aromatic carbocycles. The van der Waals surface area contributed by atoms with Gasteiger partial charge in [0.1, 0.15) is 0 Å². The lowest BCUT2D eigenvalue weighted by Crippen LogP contribution is -2.04. The third-order valence-corrected chi connectivity index (χ3v) is 5.60. The van der Waals surface area contributed by atoms with Crippen molar-refractivity contribution < 1.29 is 19.0 Å². The van der Waals surface area contributed by atoms with Gasteiger partial charge in [-0.25, -0.2) is 4.39 Å². The van der Waals surface area contributed by atoms with Gasteiger partial charge in [-0.2, -0.15) is 0 Å². The van der Waals surface area contributed by atoms with Gasteiger partial charge in [0.25, 0.3) is 0 Å². The molecule has 0 heterocycles. The Morgan fingerprint density at radius 2 is 1.77 bits per heavy atom. The molecule has 0 amide bonds. The summed E-state index contributed by atoms with van der Waals surface area (Å²) in [5, 5.41) is 9.04. The molecule has 0 aliphatic rings. The zero-order valence-electron chi connectivity index (χ0n) is 18.3.